The van der Waals surface area contributed by atoms with E-state index in [1.807, 2.05) is 6.92 Å². The monoisotopic (exact) mass is 361 g/mol. The minimum Gasteiger partial charge on any atom is -0.476 e. The van der Waals surface area contributed by atoms with E-state index in [1.165, 1.54) is 12.1 Å². The number of carbonyl (C=O) groups is 1. The zero-order valence-corrected chi connectivity index (χ0v) is 13.6. The third-order valence-corrected chi connectivity index (χ3v) is 3.27. The molecule has 1 atom stereocenters. The number of aromatic carboxylic acids is 1. The van der Waals surface area contributed by atoms with Crippen molar-refractivity contribution in [2.45, 2.75) is 19.4 Å². The fourth-order valence-electron chi connectivity index (χ4n) is 1.73. The molecule has 1 aromatic carbocycles. The fraction of sp³-hybridized carbons (Fsp3) is 0.214. The van der Waals surface area contributed by atoms with E-state index >= 15 is 0 Å². The number of nitrogens with zero attached hydrogens (tertiary/aromatic N) is 2. The van der Waals surface area contributed by atoms with Crippen molar-refractivity contribution in [3.05, 3.63) is 46.6 Å². The number of aromatic nitrogens is 2. The number of hydrogen-bond acceptors (Lipinski definition) is 5. The molecule has 0 saturated heterocycles. The molecular formula is C14H14Cl2FN3O3. The van der Waals surface area contributed by atoms with Crippen LogP contribution in [-0.4, -0.2) is 21.0 Å². The average molecular weight is 362 g/mol. The van der Waals surface area contributed by atoms with Gasteiger partial charge in [0.05, 0.1) is 17.4 Å². The number of carboxylic acid groups (broad SMARTS) is 1. The molecule has 0 fully saturated rings. The van der Waals surface area contributed by atoms with E-state index < -0.39 is 17.8 Å². The molecule has 0 saturated carbocycles. The summed E-state index contributed by atoms with van der Waals surface area (Å²) in [5.41, 5.74) is 5.85. The van der Waals surface area contributed by atoms with E-state index in [0.717, 1.165) is 12.4 Å². The van der Waals surface area contributed by atoms with Gasteiger partial charge < -0.3 is 15.6 Å². The quantitative estimate of drug-likeness (QED) is 0.844. The fourth-order valence-corrected chi connectivity index (χ4v) is 1.92. The van der Waals surface area contributed by atoms with Crippen molar-refractivity contribution in [1.29, 1.82) is 0 Å². The Bertz CT molecular complexity index is 698. The third kappa shape index (κ3) is 4.28. The molecule has 2 aromatic rings. The second kappa shape index (κ2) is 8.05. The van der Waals surface area contributed by atoms with Crippen molar-refractivity contribution in [2.75, 3.05) is 0 Å². The molecule has 3 N–H and O–H groups in total. The smallest absolute Gasteiger partial charge is 0.356 e. The topological polar surface area (TPSA) is 98.3 Å². The Balaban J connectivity index is 0.00000264. The number of hydrogen-bond donors (Lipinski definition) is 2. The van der Waals surface area contributed by atoms with Crippen molar-refractivity contribution in [3.63, 3.8) is 0 Å². The second-order valence-corrected chi connectivity index (χ2v) is 4.85. The van der Waals surface area contributed by atoms with Gasteiger partial charge in [-0.2, -0.15) is 0 Å². The predicted octanol–water partition coefficient (Wildman–Crippen LogP) is 3.59. The van der Waals surface area contributed by atoms with Crippen LogP contribution in [-0.2, 0) is 0 Å². The molecular weight excluding hydrogens is 348 g/mol. The largest absolute Gasteiger partial charge is 0.476 e. The molecule has 1 aromatic heterocycles. The van der Waals surface area contributed by atoms with Gasteiger partial charge in [-0.15, -0.1) is 12.4 Å². The van der Waals surface area contributed by atoms with Gasteiger partial charge in [0.15, 0.2) is 17.3 Å². The van der Waals surface area contributed by atoms with Gasteiger partial charge >= 0.3 is 5.97 Å². The molecule has 0 amide bonds. The van der Waals surface area contributed by atoms with Gasteiger partial charge in [-0.1, -0.05) is 24.6 Å². The molecule has 6 nitrogen and oxygen atoms in total. The number of benzene rings is 1. The first-order chi connectivity index (χ1) is 10.4. The Morgan fingerprint density at radius 1 is 1.43 bits per heavy atom. The van der Waals surface area contributed by atoms with Gasteiger partial charge in [-0.05, 0) is 12.5 Å². The summed E-state index contributed by atoms with van der Waals surface area (Å²) in [7, 11) is 0. The van der Waals surface area contributed by atoms with Crippen LogP contribution >= 0.6 is 24.0 Å². The van der Waals surface area contributed by atoms with Crippen LogP contribution in [0.25, 0.3) is 0 Å². The molecule has 0 aliphatic heterocycles. The number of rotatable bonds is 5. The number of carboxylic acids is 1. The maximum Gasteiger partial charge on any atom is 0.356 e. The van der Waals surface area contributed by atoms with Crippen LogP contribution in [0.5, 0.6) is 11.6 Å². The molecule has 0 aliphatic carbocycles. The molecule has 124 valence electrons. The highest BCUT2D eigenvalue weighted by Gasteiger charge is 2.19. The molecule has 2 rings (SSSR count). The average Bonchev–Trinajstić information content (AvgIpc) is 2.51. The van der Waals surface area contributed by atoms with Crippen LogP contribution in [0.1, 0.15) is 35.4 Å². The van der Waals surface area contributed by atoms with Gasteiger partial charge in [0.1, 0.15) is 0 Å². The van der Waals surface area contributed by atoms with Crippen molar-refractivity contribution in [3.8, 4) is 11.6 Å². The Labute approximate surface area is 142 Å². The summed E-state index contributed by atoms with van der Waals surface area (Å²) >= 11 is 5.93. The third-order valence-electron chi connectivity index (χ3n) is 2.97. The summed E-state index contributed by atoms with van der Waals surface area (Å²) in [6.07, 6.45) is 2.63. The molecule has 0 bridgehead atoms. The predicted molar refractivity (Wildman–Crippen MR) is 84.9 cm³/mol. The molecule has 1 heterocycles. The van der Waals surface area contributed by atoms with E-state index in [9.17, 15) is 9.18 Å². The minimum atomic E-state index is -1.22. The summed E-state index contributed by atoms with van der Waals surface area (Å²) < 4.78 is 19.7. The Hall–Kier alpha value is -1.96. The highest BCUT2D eigenvalue weighted by molar-refractivity contribution is 6.32. The lowest BCUT2D eigenvalue weighted by Crippen LogP contribution is -2.11. The van der Waals surface area contributed by atoms with Crippen molar-refractivity contribution >= 4 is 30.0 Å². The zero-order chi connectivity index (χ0) is 16.3. The number of ether oxygens (including phenoxy) is 1. The molecule has 23 heavy (non-hydrogen) atoms. The van der Waals surface area contributed by atoms with Gasteiger partial charge in [-0.25, -0.2) is 19.2 Å². The molecule has 9 heteroatoms. The number of nitrogens with two attached hydrogens (primary N) is 1. The summed E-state index contributed by atoms with van der Waals surface area (Å²) in [5.74, 6) is -2.20. The van der Waals surface area contributed by atoms with E-state index in [-0.39, 0.29) is 40.3 Å². The lowest BCUT2D eigenvalue weighted by molar-refractivity contribution is 0.0690. The summed E-state index contributed by atoms with van der Waals surface area (Å²) in [6.45, 7) is 1.83. The molecule has 0 radical (unpaired) electrons. The Morgan fingerprint density at radius 2 is 2.13 bits per heavy atom. The van der Waals surface area contributed by atoms with Crippen molar-refractivity contribution < 1.29 is 19.0 Å². The van der Waals surface area contributed by atoms with Gasteiger partial charge in [0, 0.05) is 11.6 Å². The normalized spacial score (nSPS) is 11.5. The van der Waals surface area contributed by atoms with E-state index in [4.69, 9.17) is 27.2 Å². The maximum absolute atomic E-state index is 14.4. The Morgan fingerprint density at radius 3 is 2.65 bits per heavy atom. The second-order valence-electron chi connectivity index (χ2n) is 4.44. The van der Waals surface area contributed by atoms with Crippen LogP contribution in [0.4, 0.5) is 4.39 Å². The molecule has 0 aliphatic rings. The molecule has 0 spiro atoms. The summed E-state index contributed by atoms with van der Waals surface area (Å²) in [5, 5.41) is 8.79. The maximum atomic E-state index is 14.4. The van der Waals surface area contributed by atoms with Gasteiger partial charge in [0.25, 0.3) is 0 Å². The van der Waals surface area contributed by atoms with Crippen LogP contribution < -0.4 is 10.5 Å². The van der Waals surface area contributed by atoms with Gasteiger partial charge in [0.2, 0.25) is 5.88 Å². The van der Waals surface area contributed by atoms with E-state index in [2.05, 4.69) is 9.97 Å². The van der Waals surface area contributed by atoms with Crippen LogP contribution in [0, 0.1) is 5.82 Å². The SMILES string of the molecule is CC[C@@H](N)c1ccc(Cl)c(Oc2cnc(C(=O)O)cn2)c1F.Cl. The summed E-state index contributed by atoms with van der Waals surface area (Å²) in [4.78, 5) is 18.1. The minimum absolute atomic E-state index is 0. The summed E-state index contributed by atoms with van der Waals surface area (Å²) in [6, 6.07) is 2.49. The van der Waals surface area contributed by atoms with Crippen molar-refractivity contribution in [1.82, 2.24) is 9.97 Å². The van der Waals surface area contributed by atoms with Crippen LogP contribution in [0.15, 0.2) is 24.5 Å². The van der Waals surface area contributed by atoms with Crippen LogP contribution in [0.2, 0.25) is 5.02 Å². The zero-order valence-electron chi connectivity index (χ0n) is 12.0. The Kier molecular flexibility index (Phi) is 6.68. The van der Waals surface area contributed by atoms with Gasteiger partial charge in [-0.3, -0.25) is 0 Å². The lowest BCUT2D eigenvalue weighted by Gasteiger charge is -2.14. The van der Waals surface area contributed by atoms with E-state index in [0.29, 0.717) is 6.42 Å². The highest BCUT2D eigenvalue weighted by atomic mass is 35.5. The number of halogens is 3. The molecule has 0 unspecified atom stereocenters. The standard InChI is InChI=1S/C14H13ClFN3O3.ClH/c1-2-9(17)7-3-4-8(15)13(12(7)16)22-11-6-18-10(5-19-11)14(20)21;/h3-6,9H,2,17H2,1H3,(H,20,21);1H/t9-;/m1./s1. The first-order valence-corrected chi connectivity index (χ1v) is 6.78. The highest BCUT2D eigenvalue weighted by Crippen LogP contribution is 2.35. The van der Waals surface area contributed by atoms with Crippen molar-refractivity contribution in [2.24, 2.45) is 5.73 Å². The first kappa shape index (κ1) is 19.1. The van der Waals surface area contributed by atoms with E-state index in [1.54, 1.807) is 0 Å². The first-order valence-electron chi connectivity index (χ1n) is 6.40. The van der Waals surface area contributed by atoms with Crippen LogP contribution in [0.3, 0.4) is 0 Å². The lowest BCUT2D eigenvalue weighted by atomic mass is 10.0.